The van der Waals surface area contributed by atoms with Crippen molar-refractivity contribution in [3.05, 3.63) is 41.5 Å². The number of hydrogen-bond acceptors (Lipinski definition) is 8. The third kappa shape index (κ3) is 2.74. The Bertz CT molecular complexity index is 695. The van der Waals surface area contributed by atoms with E-state index >= 15 is 0 Å². The van der Waals surface area contributed by atoms with Crippen LogP contribution in [0.2, 0.25) is 0 Å². The van der Waals surface area contributed by atoms with Crippen LogP contribution < -0.4 is 4.74 Å². The summed E-state index contributed by atoms with van der Waals surface area (Å²) in [4.78, 5) is 23.9. The predicted molar refractivity (Wildman–Crippen MR) is 78.6 cm³/mol. The molecule has 0 bridgehead atoms. The van der Waals surface area contributed by atoms with Crippen molar-refractivity contribution in [2.24, 2.45) is 0 Å². The minimum absolute atomic E-state index is 0.000436. The monoisotopic (exact) mass is 336 g/mol. The van der Waals surface area contributed by atoms with Crippen LogP contribution in [0.4, 0.5) is 0 Å². The molecule has 0 amide bonds. The summed E-state index contributed by atoms with van der Waals surface area (Å²) in [5.74, 6) is -0.798. The van der Waals surface area contributed by atoms with Gasteiger partial charge in [-0.1, -0.05) is 12.1 Å². The lowest BCUT2D eigenvalue weighted by molar-refractivity contribution is -0.277. The van der Waals surface area contributed by atoms with E-state index in [-0.39, 0.29) is 22.7 Å². The van der Waals surface area contributed by atoms with Gasteiger partial charge in [0.05, 0.1) is 12.2 Å². The van der Waals surface area contributed by atoms with Gasteiger partial charge in [0.15, 0.2) is 11.6 Å². The Hall–Kier alpha value is -2.10. The number of fused-ring (bicyclic) bond motifs is 1. The average molecular weight is 336 g/mol. The molecule has 1 aliphatic heterocycles. The molecule has 5 atom stereocenters. The number of aliphatic hydroxyl groups is 4. The van der Waals surface area contributed by atoms with Gasteiger partial charge in [0.25, 0.3) is 0 Å². The van der Waals surface area contributed by atoms with Crippen LogP contribution in [0, 0.1) is 0 Å². The number of carbonyl (C=O) groups excluding carboxylic acids is 2. The van der Waals surface area contributed by atoms with Gasteiger partial charge in [-0.25, -0.2) is 0 Å². The van der Waals surface area contributed by atoms with Crippen molar-refractivity contribution in [2.45, 2.75) is 30.7 Å². The zero-order valence-corrected chi connectivity index (χ0v) is 12.4. The van der Waals surface area contributed by atoms with Crippen molar-refractivity contribution >= 4 is 11.6 Å². The molecule has 3 rings (SSSR count). The average Bonchev–Trinajstić information content (AvgIpc) is 2.58. The third-order valence-electron chi connectivity index (χ3n) is 4.02. The van der Waals surface area contributed by atoms with Gasteiger partial charge in [0.2, 0.25) is 6.29 Å². The molecule has 128 valence electrons. The molecule has 4 N–H and O–H groups in total. The number of hydrogen-bond donors (Lipinski definition) is 4. The van der Waals surface area contributed by atoms with E-state index in [4.69, 9.17) is 9.47 Å². The van der Waals surface area contributed by atoms with Gasteiger partial charge in [0.1, 0.15) is 30.2 Å². The van der Waals surface area contributed by atoms with Gasteiger partial charge < -0.3 is 29.9 Å². The first kappa shape index (κ1) is 16.7. The van der Waals surface area contributed by atoms with E-state index in [1.165, 1.54) is 18.2 Å². The highest BCUT2D eigenvalue weighted by Gasteiger charge is 2.45. The molecule has 8 heteroatoms. The van der Waals surface area contributed by atoms with E-state index in [1.54, 1.807) is 0 Å². The summed E-state index contributed by atoms with van der Waals surface area (Å²) in [6, 6.07) is 4.40. The van der Waals surface area contributed by atoms with Crippen molar-refractivity contribution in [1.82, 2.24) is 0 Å². The Morgan fingerprint density at radius 3 is 2.42 bits per heavy atom. The van der Waals surface area contributed by atoms with Crippen LogP contribution in [-0.2, 0) is 4.74 Å². The third-order valence-corrected chi connectivity index (χ3v) is 4.02. The van der Waals surface area contributed by atoms with Crippen molar-refractivity contribution in [3.8, 4) is 5.75 Å². The van der Waals surface area contributed by atoms with Gasteiger partial charge in [-0.05, 0) is 18.2 Å². The summed E-state index contributed by atoms with van der Waals surface area (Å²) >= 11 is 0. The molecule has 0 aromatic heterocycles. The van der Waals surface area contributed by atoms with Gasteiger partial charge in [-0.15, -0.1) is 0 Å². The zero-order valence-electron chi connectivity index (χ0n) is 12.4. The number of rotatable bonds is 3. The smallest absolute Gasteiger partial charge is 0.229 e. The number of ketones is 2. The molecule has 1 aromatic carbocycles. The lowest BCUT2D eigenvalue weighted by Gasteiger charge is -2.39. The van der Waals surface area contributed by atoms with Crippen molar-refractivity contribution in [3.63, 3.8) is 0 Å². The quantitative estimate of drug-likeness (QED) is 0.541. The van der Waals surface area contributed by atoms with Crippen molar-refractivity contribution < 1.29 is 39.5 Å². The second-order valence-corrected chi connectivity index (χ2v) is 5.56. The molecule has 0 radical (unpaired) electrons. The summed E-state index contributed by atoms with van der Waals surface area (Å²) in [5.41, 5.74) is 0.187. The second-order valence-electron chi connectivity index (χ2n) is 5.56. The highest BCUT2D eigenvalue weighted by molar-refractivity contribution is 6.23. The molecule has 0 spiro atoms. The Morgan fingerprint density at radius 2 is 1.71 bits per heavy atom. The lowest BCUT2D eigenvalue weighted by Crippen LogP contribution is -2.60. The van der Waals surface area contributed by atoms with Crippen molar-refractivity contribution in [2.75, 3.05) is 6.61 Å². The lowest BCUT2D eigenvalue weighted by atomic mass is 9.94. The van der Waals surface area contributed by atoms with E-state index in [2.05, 4.69) is 0 Å². The normalized spacial score (nSPS) is 32.6. The molecule has 0 saturated carbocycles. The Morgan fingerprint density at radius 1 is 1.00 bits per heavy atom. The summed E-state index contributed by atoms with van der Waals surface area (Å²) in [6.45, 7) is -0.599. The van der Waals surface area contributed by atoms with Crippen LogP contribution in [-0.4, -0.2) is 69.3 Å². The maximum Gasteiger partial charge on any atom is 0.229 e. The minimum atomic E-state index is -1.61. The van der Waals surface area contributed by atoms with Crippen LogP contribution in [0.3, 0.4) is 0 Å². The Balaban J connectivity index is 1.91. The van der Waals surface area contributed by atoms with Gasteiger partial charge >= 0.3 is 0 Å². The fourth-order valence-corrected chi connectivity index (χ4v) is 2.70. The fraction of sp³-hybridized carbons (Fsp3) is 0.375. The minimum Gasteiger partial charge on any atom is -0.461 e. The fourth-order valence-electron chi connectivity index (χ4n) is 2.70. The molecule has 1 saturated heterocycles. The van der Waals surface area contributed by atoms with E-state index in [1.807, 2.05) is 0 Å². The number of benzene rings is 1. The van der Waals surface area contributed by atoms with E-state index < -0.39 is 43.1 Å². The molecular weight excluding hydrogens is 320 g/mol. The van der Waals surface area contributed by atoms with Crippen LogP contribution in [0.25, 0.3) is 0 Å². The Kier molecular flexibility index (Phi) is 4.48. The van der Waals surface area contributed by atoms with Gasteiger partial charge in [-0.3, -0.25) is 9.59 Å². The van der Waals surface area contributed by atoms with E-state index in [9.17, 15) is 30.0 Å². The number of aliphatic hydroxyl groups excluding tert-OH is 4. The summed E-state index contributed by atoms with van der Waals surface area (Å²) < 4.78 is 10.7. The van der Waals surface area contributed by atoms with Crippen LogP contribution in [0.15, 0.2) is 30.4 Å². The molecule has 8 nitrogen and oxygen atoms in total. The van der Waals surface area contributed by atoms with Gasteiger partial charge in [0, 0.05) is 5.56 Å². The van der Waals surface area contributed by atoms with E-state index in [0.29, 0.717) is 0 Å². The first-order chi connectivity index (χ1) is 11.4. The van der Waals surface area contributed by atoms with Crippen LogP contribution in [0.1, 0.15) is 20.7 Å². The number of ether oxygens (including phenoxy) is 2. The first-order valence-electron chi connectivity index (χ1n) is 7.31. The summed E-state index contributed by atoms with van der Waals surface area (Å²) in [6.07, 6.45) is -5.01. The highest BCUT2D eigenvalue weighted by Crippen LogP contribution is 2.30. The predicted octanol–water partition coefficient (Wildman–Crippen LogP) is -1.20. The summed E-state index contributed by atoms with van der Waals surface area (Å²) in [7, 11) is 0. The maximum atomic E-state index is 12.1. The van der Waals surface area contributed by atoms with Crippen LogP contribution >= 0.6 is 0 Å². The molecule has 2 aliphatic rings. The van der Waals surface area contributed by atoms with Gasteiger partial charge in [-0.2, -0.15) is 0 Å². The summed E-state index contributed by atoms with van der Waals surface area (Å²) in [5, 5.41) is 38.7. The molecule has 24 heavy (non-hydrogen) atoms. The Labute approximate surface area is 136 Å². The molecule has 0 unspecified atom stereocenters. The molecule has 1 heterocycles. The number of carbonyl (C=O) groups is 2. The SMILES string of the molecule is O=C1C=CC(=O)c2c(O[C@@H]3O[C@H](CO)[C@H](O)[C@@H](O)[C@H]3O)cccc21. The van der Waals surface area contributed by atoms with Crippen molar-refractivity contribution in [1.29, 1.82) is 0 Å². The topological polar surface area (TPSA) is 134 Å². The highest BCUT2D eigenvalue weighted by atomic mass is 16.7. The van der Waals surface area contributed by atoms with Crippen LogP contribution in [0.5, 0.6) is 5.75 Å². The zero-order chi connectivity index (χ0) is 17.4. The van der Waals surface area contributed by atoms with E-state index in [0.717, 1.165) is 12.2 Å². The molecule has 1 aliphatic carbocycles. The second kappa shape index (κ2) is 6.42. The number of allylic oxidation sites excluding steroid dienone is 2. The largest absolute Gasteiger partial charge is 0.461 e. The molecule has 1 aromatic rings. The maximum absolute atomic E-state index is 12.1. The first-order valence-corrected chi connectivity index (χ1v) is 7.31. The standard InChI is InChI=1S/C16H16O8/c17-6-11-13(20)14(21)15(22)16(24-11)23-10-3-1-2-7-8(18)4-5-9(19)12(7)10/h1-5,11,13-17,20-22H,6H2/t11-,13+,14-,15-,16-/m1/s1. The molecular formula is C16H16O8. The molecule has 1 fully saturated rings.